The molecule has 4 nitrogen and oxygen atoms in total. The predicted octanol–water partition coefficient (Wildman–Crippen LogP) is 2.98. The van der Waals surface area contributed by atoms with Crippen molar-refractivity contribution in [1.82, 2.24) is 14.6 Å². The Morgan fingerprint density at radius 3 is 2.69 bits per heavy atom. The van der Waals surface area contributed by atoms with Crippen LogP contribution in [-0.4, -0.2) is 14.6 Å². The lowest BCUT2D eigenvalue weighted by Crippen LogP contribution is -2.03. The molecular weight excluding hydrogens is 268 g/mol. The zero-order valence-corrected chi connectivity index (χ0v) is 11.0. The van der Waals surface area contributed by atoms with Crippen LogP contribution < -0.4 is 5.73 Å². The lowest BCUT2D eigenvalue weighted by atomic mass is 10.0. The smallest absolute Gasteiger partial charge is 0.175 e. The van der Waals surface area contributed by atoms with Crippen molar-refractivity contribution in [3.05, 3.63) is 22.6 Å². The van der Waals surface area contributed by atoms with Crippen molar-refractivity contribution in [2.24, 2.45) is 0 Å². The van der Waals surface area contributed by atoms with Gasteiger partial charge in [0.1, 0.15) is 5.82 Å². The van der Waals surface area contributed by atoms with Gasteiger partial charge >= 0.3 is 0 Å². The van der Waals surface area contributed by atoms with Crippen LogP contribution in [0.15, 0.2) is 16.7 Å². The van der Waals surface area contributed by atoms with Crippen molar-refractivity contribution in [3.63, 3.8) is 0 Å². The number of hydrogen-bond acceptors (Lipinski definition) is 3. The van der Waals surface area contributed by atoms with Gasteiger partial charge in [0.25, 0.3) is 0 Å². The molecule has 0 aliphatic carbocycles. The molecule has 0 saturated carbocycles. The highest BCUT2D eigenvalue weighted by Gasteiger charge is 2.16. The van der Waals surface area contributed by atoms with E-state index in [-0.39, 0.29) is 0 Å². The summed E-state index contributed by atoms with van der Waals surface area (Å²) in [5, 5.41) is 8.45. The van der Waals surface area contributed by atoms with E-state index in [0.29, 0.717) is 11.6 Å². The largest absolute Gasteiger partial charge is 0.397 e. The fraction of sp³-hybridized carbons (Fsp3) is 0.455. The number of nitrogen functional groups attached to an aromatic ring is 1. The molecule has 0 saturated heterocycles. The summed E-state index contributed by atoms with van der Waals surface area (Å²) in [6, 6.07) is 1.85. The third-order valence-corrected chi connectivity index (χ3v) is 3.44. The minimum absolute atomic E-state index is 0.434. The molecule has 0 aliphatic rings. The number of halogens is 1. The molecular formula is C11H15BrN4. The molecule has 2 aromatic rings. The number of hydrogen-bond donors (Lipinski definition) is 1. The molecule has 86 valence electrons. The Morgan fingerprint density at radius 1 is 1.38 bits per heavy atom. The summed E-state index contributed by atoms with van der Waals surface area (Å²) in [7, 11) is 0. The molecule has 16 heavy (non-hydrogen) atoms. The van der Waals surface area contributed by atoms with E-state index in [4.69, 9.17) is 5.73 Å². The molecule has 0 amide bonds. The van der Waals surface area contributed by atoms with Crippen LogP contribution in [0.2, 0.25) is 0 Å². The molecule has 2 rings (SSSR count). The van der Waals surface area contributed by atoms with Gasteiger partial charge in [-0.1, -0.05) is 13.8 Å². The van der Waals surface area contributed by atoms with E-state index < -0.39 is 0 Å². The zero-order chi connectivity index (χ0) is 11.7. The zero-order valence-electron chi connectivity index (χ0n) is 9.44. The van der Waals surface area contributed by atoms with Gasteiger partial charge in [-0.15, -0.1) is 10.2 Å². The summed E-state index contributed by atoms with van der Waals surface area (Å²) < 4.78 is 2.87. The molecule has 0 atom stereocenters. The van der Waals surface area contributed by atoms with Crippen LogP contribution in [0.1, 0.15) is 38.4 Å². The molecule has 0 unspecified atom stereocenters. The molecule has 0 fully saturated rings. The van der Waals surface area contributed by atoms with Gasteiger partial charge in [-0.05, 0) is 34.8 Å². The average molecular weight is 283 g/mol. The monoisotopic (exact) mass is 282 g/mol. The Morgan fingerprint density at radius 2 is 2.06 bits per heavy atom. The maximum Gasteiger partial charge on any atom is 0.175 e. The Labute approximate surface area is 103 Å². The number of pyridine rings is 1. The third kappa shape index (κ3) is 1.80. The number of anilines is 1. The summed E-state index contributed by atoms with van der Waals surface area (Å²) in [4.78, 5) is 0. The van der Waals surface area contributed by atoms with Gasteiger partial charge in [-0.25, -0.2) is 0 Å². The number of fused-ring (bicyclic) bond motifs is 1. The van der Waals surface area contributed by atoms with Gasteiger partial charge in [0.15, 0.2) is 5.65 Å². The van der Waals surface area contributed by atoms with Crippen LogP contribution in [0.4, 0.5) is 5.69 Å². The maximum absolute atomic E-state index is 5.83. The first-order valence-electron chi connectivity index (χ1n) is 5.47. The first kappa shape index (κ1) is 11.4. The molecule has 2 aromatic heterocycles. The average Bonchev–Trinajstić information content (AvgIpc) is 2.64. The van der Waals surface area contributed by atoms with Crippen LogP contribution in [0.3, 0.4) is 0 Å². The molecule has 0 spiro atoms. The molecule has 2 N–H and O–H groups in total. The fourth-order valence-electron chi connectivity index (χ4n) is 1.92. The normalized spacial score (nSPS) is 11.5. The molecule has 5 heteroatoms. The molecule has 2 heterocycles. The van der Waals surface area contributed by atoms with Gasteiger partial charge in [-0.2, -0.15) is 0 Å². The van der Waals surface area contributed by atoms with Gasteiger partial charge in [0, 0.05) is 17.8 Å². The highest BCUT2D eigenvalue weighted by molar-refractivity contribution is 9.10. The van der Waals surface area contributed by atoms with Crippen LogP contribution in [-0.2, 0) is 0 Å². The van der Waals surface area contributed by atoms with E-state index in [1.165, 1.54) is 0 Å². The first-order chi connectivity index (χ1) is 7.67. The van der Waals surface area contributed by atoms with E-state index in [1.807, 2.05) is 16.7 Å². The highest BCUT2D eigenvalue weighted by atomic mass is 79.9. The van der Waals surface area contributed by atoms with Gasteiger partial charge in [0.2, 0.25) is 0 Å². The van der Waals surface area contributed by atoms with E-state index in [9.17, 15) is 0 Å². The van der Waals surface area contributed by atoms with E-state index in [2.05, 4.69) is 40.0 Å². The summed E-state index contributed by atoms with van der Waals surface area (Å²) in [6.07, 6.45) is 4.00. The lowest BCUT2D eigenvalue weighted by Gasteiger charge is -2.10. The standard InChI is InChI=1S/C11H15BrN4/c1-3-7(4-2)10-14-15-11-9(12)5-8(13)6-16(10)11/h5-7H,3-4,13H2,1-2H3. The summed E-state index contributed by atoms with van der Waals surface area (Å²) >= 11 is 3.45. The second-order valence-electron chi connectivity index (χ2n) is 3.89. The van der Waals surface area contributed by atoms with Crippen molar-refractivity contribution in [2.75, 3.05) is 5.73 Å². The summed E-state index contributed by atoms with van der Waals surface area (Å²) in [5.74, 6) is 1.43. The van der Waals surface area contributed by atoms with Crippen molar-refractivity contribution >= 4 is 27.3 Å². The predicted molar refractivity (Wildman–Crippen MR) is 68.4 cm³/mol. The SMILES string of the molecule is CCC(CC)c1nnc2c(Br)cc(N)cn12. The Hall–Kier alpha value is -1.10. The molecule has 0 aromatic carbocycles. The summed E-state index contributed by atoms with van der Waals surface area (Å²) in [6.45, 7) is 4.33. The minimum atomic E-state index is 0.434. The third-order valence-electron chi connectivity index (χ3n) is 2.86. The number of nitrogens with two attached hydrogens (primary N) is 1. The lowest BCUT2D eigenvalue weighted by molar-refractivity contribution is 0.595. The molecule has 0 aliphatic heterocycles. The fourth-order valence-corrected chi connectivity index (χ4v) is 2.46. The van der Waals surface area contributed by atoms with Crippen LogP contribution >= 0.6 is 15.9 Å². The quantitative estimate of drug-likeness (QED) is 0.942. The van der Waals surface area contributed by atoms with E-state index in [1.54, 1.807) is 0 Å². The van der Waals surface area contributed by atoms with Crippen molar-refractivity contribution in [2.45, 2.75) is 32.6 Å². The Balaban J connectivity index is 2.63. The van der Waals surface area contributed by atoms with Crippen molar-refractivity contribution in [1.29, 1.82) is 0 Å². The summed E-state index contributed by atoms with van der Waals surface area (Å²) in [5.41, 5.74) is 7.37. The van der Waals surface area contributed by atoms with Crippen LogP contribution in [0.25, 0.3) is 5.65 Å². The number of rotatable bonds is 3. The van der Waals surface area contributed by atoms with E-state index >= 15 is 0 Å². The number of nitrogens with zero attached hydrogens (tertiary/aromatic N) is 3. The van der Waals surface area contributed by atoms with Crippen LogP contribution in [0, 0.1) is 0 Å². The van der Waals surface area contributed by atoms with Crippen LogP contribution in [0.5, 0.6) is 0 Å². The van der Waals surface area contributed by atoms with Crippen molar-refractivity contribution < 1.29 is 0 Å². The van der Waals surface area contributed by atoms with E-state index in [0.717, 1.165) is 28.8 Å². The van der Waals surface area contributed by atoms with Gasteiger partial charge in [0.05, 0.1) is 4.47 Å². The van der Waals surface area contributed by atoms with Gasteiger partial charge in [-0.3, -0.25) is 4.40 Å². The highest BCUT2D eigenvalue weighted by Crippen LogP contribution is 2.26. The minimum Gasteiger partial charge on any atom is -0.397 e. The maximum atomic E-state index is 5.83. The second-order valence-corrected chi connectivity index (χ2v) is 4.74. The van der Waals surface area contributed by atoms with Crippen molar-refractivity contribution in [3.8, 4) is 0 Å². The second kappa shape index (κ2) is 4.41. The van der Waals surface area contributed by atoms with Gasteiger partial charge < -0.3 is 5.73 Å². The topological polar surface area (TPSA) is 56.2 Å². The Kier molecular flexibility index (Phi) is 3.14. The number of aromatic nitrogens is 3. The first-order valence-corrected chi connectivity index (χ1v) is 6.26. The Bertz CT molecular complexity index is 502. The molecule has 0 radical (unpaired) electrons. The molecule has 0 bridgehead atoms.